The van der Waals surface area contributed by atoms with Crippen molar-refractivity contribution < 1.29 is 14.7 Å². The van der Waals surface area contributed by atoms with Crippen LogP contribution in [-0.4, -0.2) is 33.3 Å². The molecule has 1 aromatic heterocycles. The Balaban J connectivity index is 2.16. The van der Waals surface area contributed by atoms with Gasteiger partial charge in [0, 0.05) is 13.0 Å². The van der Waals surface area contributed by atoms with Gasteiger partial charge in [-0.15, -0.1) is 0 Å². The van der Waals surface area contributed by atoms with Gasteiger partial charge in [-0.2, -0.15) is 5.10 Å². The standard InChI is InChI=1S/C17H21N3O3/c1-3-14-13(17(23)18-10-6-9-16(21)22)11-19-20(14)15-8-5-4-7-12(15)2/h4-5,7-8,11H,3,6,9-10H2,1-2H3,(H,18,23)(H,21,22). The van der Waals surface area contributed by atoms with Gasteiger partial charge in [-0.1, -0.05) is 25.1 Å². The number of benzene rings is 1. The van der Waals surface area contributed by atoms with Crippen LogP contribution in [0.5, 0.6) is 0 Å². The molecule has 1 aromatic carbocycles. The first-order chi connectivity index (χ1) is 11.0. The molecule has 0 aliphatic carbocycles. The van der Waals surface area contributed by atoms with Gasteiger partial charge >= 0.3 is 5.97 Å². The first kappa shape index (κ1) is 16.7. The van der Waals surface area contributed by atoms with Crippen molar-refractivity contribution in [1.29, 1.82) is 0 Å². The van der Waals surface area contributed by atoms with Crippen molar-refractivity contribution in [2.75, 3.05) is 6.54 Å². The number of hydrogen-bond acceptors (Lipinski definition) is 3. The van der Waals surface area contributed by atoms with Crippen molar-refractivity contribution in [2.45, 2.75) is 33.1 Å². The SMILES string of the molecule is CCc1c(C(=O)NCCCC(=O)O)cnn1-c1ccccc1C. The van der Waals surface area contributed by atoms with Gasteiger partial charge in [0.15, 0.2) is 0 Å². The molecule has 0 aliphatic rings. The molecule has 0 saturated heterocycles. The average Bonchev–Trinajstić information content (AvgIpc) is 2.95. The molecule has 1 amide bonds. The van der Waals surface area contributed by atoms with Crippen molar-refractivity contribution in [3.8, 4) is 5.69 Å². The molecule has 0 spiro atoms. The molecule has 0 atom stereocenters. The number of carboxylic acids is 1. The summed E-state index contributed by atoms with van der Waals surface area (Å²) >= 11 is 0. The molecule has 2 rings (SSSR count). The average molecular weight is 315 g/mol. The summed E-state index contributed by atoms with van der Waals surface area (Å²) in [6.45, 7) is 4.32. The number of para-hydroxylation sites is 1. The Bertz CT molecular complexity index is 707. The van der Waals surface area contributed by atoms with Gasteiger partial charge in [0.1, 0.15) is 0 Å². The molecule has 0 bridgehead atoms. The molecule has 0 fully saturated rings. The molecule has 0 aliphatic heterocycles. The predicted octanol–water partition coefficient (Wildman–Crippen LogP) is 2.34. The van der Waals surface area contributed by atoms with Gasteiger partial charge in [-0.25, -0.2) is 4.68 Å². The molecule has 0 saturated carbocycles. The topological polar surface area (TPSA) is 84.2 Å². The van der Waals surface area contributed by atoms with E-state index in [-0.39, 0.29) is 12.3 Å². The van der Waals surface area contributed by atoms with Gasteiger partial charge in [0.2, 0.25) is 0 Å². The number of aromatic nitrogens is 2. The largest absolute Gasteiger partial charge is 0.481 e. The van der Waals surface area contributed by atoms with E-state index in [2.05, 4.69) is 10.4 Å². The Morgan fingerprint density at radius 3 is 2.70 bits per heavy atom. The molecule has 2 aromatic rings. The fourth-order valence-electron chi connectivity index (χ4n) is 2.45. The Morgan fingerprint density at radius 2 is 2.04 bits per heavy atom. The lowest BCUT2D eigenvalue weighted by Gasteiger charge is -2.10. The normalized spacial score (nSPS) is 10.5. The monoisotopic (exact) mass is 315 g/mol. The van der Waals surface area contributed by atoms with E-state index in [1.807, 2.05) is 38.1 Å². The van der Waals surface area contributed by atoms with Crippen molar-refractivity contribution in [1.82, 2.24) is 15.1 Å². The van der Waals surface area contributed by atoms with Crippen molar-refractivity contribution >= 4 is 11.9 Å². The third kappa shape index (κ3) is 3.97. The summed E-state index contributed by atoms with van der Waals surface area (Å²) in [7, 11) is 0. The van der Waals surface area contributed by atoms with Crippen LogP contribution in [0.15, 0.2) is 30.5 Å². The van der Waals surface area contributed by atoms with Crippen LogP contribution < -0.4 is 5.32 Å². The minimum Gasteiger partial charge on any atom is -0.481 e. The highest BCUT2D eigenvalue weighted by Gasteiger charge is 2.17. The summed E-state index contributed by atoms with van der Waals surface area (Å²) in [5, 5.41) is 15.7. The third-order valence-corrected chi connectivity index (χ3v) is 3.65. The van der Waals surface area contributed by atoms with E-state index < -0.39 is 5.97 Å². The maximum atomic E-state index is 12.3. The highest BCUT2D eigenvalue weighted by Crippen LogP contribution is 2.18. The first-order valence-electron chi connectivity index (χ1n) is 7.67. The Hall–Kier alpha value is -2.63. The second-order valence-corrected chi connectivity index (χ2v) is 5.31. The third-order valence-electron chi connectivity index (χ3n) is 3.65. The minimum atomic E-state index is -0.860. The highest BCUT2D eigenvalue weighted by molar-refractivity contribution is 5.95. The summed E-state index contributed by atoms with van der Waals surface area (Å²) in [6, 6.07) is 7.87. The lowest BCUT2D eigenvalue weighted by Crippen LogP contribution is -2.25. The lowest BCUT2D eigenvalue weighted by atomic mass is 10.1. The van der Waals surface area contributed by atoms with Crippen molar-refractivity contribution in [2.24, 2.45) is 0 Å². The van der Waals surface area contributed by atoms with Crippen LogP contribution in [0, 0.1) is 6.92 Å². The number of aliphatic carboxylic acids is 1. The number of carbonyl (C=O) groups excluding carboxylic acids is 1. The van der Waals surface area contributed by atoms with E-state index in [0.29, 0.717) is 24.9 Å². The Morgan fingerprint density at radius 1 is 1.30 bits per heavy atom. The number of carboxylic acid groups (broad SMARTS) is 1. The van der Waals surface area contributed by atoms with Crippen molar-refractivity contribution in [3.05, 3.63) is 47.3 Å². The maximum absolute atomic E-state index is 12.3. The fourth-order valence-corrected chi connectivity index (χ4v) is 2.45. The van der Waals surface area contributed by atoms with Crippen LogP contribution >= 0.6 is 0 Å². The van der Waals surface area contributed by atoms with E-state index in [1.165, 1.54) is 0 Å². The molecule has 0 unspecified atom stereocenters. The van der Waals surface area contributed by atoms with Gasteiger partial charge < -0.3 is 10.4 Å². The molecule has 1 heterocycles. The van der Waals surface area contributed by atoms with E-state index in [4.69, 9.17) is 5.11 Å². The molecule has 23 heavy (non-hydrogen) atoms. The Labute approximate surface area is 135 Å². The molecule has 2 N–H and O–H groups in total. The molecule has 0 radical (unpaired) electrons. The first-order valence-corrected chi connectivity index (χ1v) is 7.67. The summed E-state index contributed by atoms with van der Waals surface area (Å²) < 4.78 is 1.79. The second-order valence-electron chi connectivity index (χ2n) is 5.31. The van der Waals surface area contributed by atoms with Crippen LogP contribution in [-0.2, 0) is 11.2 Å². The van der Waals surface area contributed by atoms with E-state index in [1.54, 1.807) is 10.9 Å². The van der Waals surface area contributed by atoms with Gasteiger partial charge in [0.05, 0.1) is 23.1 Å². The van der Waals surface area contributed by atoms with Crippen LogP contribution in [0.2, 0.25) is 0 Å². The molecule has 122 valence electrons. The number of hydrogen-bond donors (Lipinski definition) is 2. The minimum absolute atomic E-state index is 0.0450. The van der Waals surface area contributed by atoms with Crippen molar-refractivity contribution in [3.63, 3.8) is 0 Å². The zero-order chi connectivity index (χ0) is 16.8. The number of nitrogens with zero attached hydrogens (tertiary/aromatic N) is 2. The molecular formula is C17H21N3O3. The number of amides is 1. The number of rotatable bonds is 7. The fraction of sp³-hybridized carbons (Fsp3) is 0.353. The summed E-state index contributed by atoms with van der Waals surface area (Å²) in [5.41, 5.74) is 3.41. The van der Waals surface area contributed by atoms with Gasteiger partial charge in [0.25, 0.3) is 5.91 Å². The summed E-state index contributed by atoms with van der Waals surface area (Å²) in [5.74, 6) is -1.08. The van der Waals surface area contributed by atoms with Crippen LogP contribution in [0.4, 0.5) is 0 Å². The van der Waals surface area contributed by atoms with Gasteiger partial charge in [-0.05, 0) is 31.4 Å². The predicted molar refractivity (Wildman–Crippen MR) is 86.9 cm³/mol. The van der Waals surface area contributed by atoms with E-state index >= 15 is 0 Å². The number of nitrogens with one attached hydrogen (secondary N) is 1. The van der Waals surface area contributed by atoms with Crippen LogP contribution in [0.3, 0.4) is 0 Å². The number of carbonyl (C=O) groups is 2. The smallest absolute Gasteiger partial charge is 0.303 e. The van der Waals surface area contributed by atoms with Gasteiger partial charge in [-0.3, -0.25) is 9.59 Å². The van der Waals surface area contributed by atoms with Crippen LogP contribution in [0.1, 0.15) is 41.4 Å². The maximum Gasteiger partial charge on any atom is 0.303 e. The van der Waals surface area contributed by atoms with Crippen LogP contribution in [0.25, 0.3) is 5.69 Å². The zero-order valence-corrected chi connectivity index (χ0v) is 13.4. The molecule has 6 nitrogen and oxygen atoms in total. The number of aryl methyl sites for hydroxylation is 1. The zero-order valence-electron chi connectivity index (χ0n) is 13.4. The summed E-state index contributed by atoms with van der Waals surface area (Å²) in [6.07, 6.45) is 2.70. The lowest BCUT2D eigenvalue weighted by molar-refractivity contribution is -0.137. The second kappa shape index (κ2) is 7.58. The molecule has 6 heteroatoms. The highest BCUT2D eigenvalue weighted by atomic mass is 16.4. The molecular weight excluding hydrogens is 294 g/mol. The Kier molecular flexibility index (Phi) is 5.51. The quantitative estimate of drug-likeness (QED) is 0.768. The van der Waals surface area contributed by atoms with E-state index in [9.17, 15) is 9.59 Å². The van der Waals surface area contributed by atoms with E-state index in [0.717, 1.165) is 16.9 Å². The summed E-state index contributed by atoms with van der Waals surface area (Å²) in [4.78, 5) is 22.8.